The second kappa shape index (κ2) is 5.57. The zero-order valence-corrected chi connectivity index (χ0v) is 12.0. The molecule has 0 bridgehead atoms. The molecule has 1 amide bonds. The summed E-state index contributed by atoms with van der Waals surface area (Å²) >= 11 is 0. The van der Waals surface area contributed by atoms with Crippen LogP contribution in [0.3, 0.4) is 0 Å². The van der Waals surface area contributed by atoms with Gasteiger partial charge in [0.25, 0.3) is 0 Å². The molecule has 0 radical (unpaired) electrons. The van der Waals surface area contributed by atoms with Crippen molar-refractivity contribution in [3.8, 4) is 0 Å². The fourth-order valence-electron chi connectivity index (χ4n) is 3.04. The van der Waals surface area contributed by atoms with Crippen LogP contribution in [-0.2, 0) is 9.53 Å². The van der Waals surface area contributed by atoms with E-state index in [0.717, 1.165) is 25.7 Å². The zero-order chi connectivity index (χ0) is 13.3. The summed E-state index contributed by atoms with van der Waals surface area (Å²) in [7, 11) is 1.76. The van der Waals surface area contributed by atoms with Crippen molar-refractivity contribution in [2.75, 3.05) is 7.11 Å². The fourth-order valence-corrected chi connectivity index (χ4v) is 3.04. The fraction of sp³-hybridized carbons (Fsp3) is 0.929. The molecule has 1 heterocycles. The third kappa shape index (κ3) is 2.41. The Labute approximate surface area is 110 Å². The number of rotatable bonds is 5. The predicted molar refractivity (Wildman–Crippen MR) is 71.1 cm³/mol. The van der Waals surface area contributed by atoms with Crippen LogP contribution in [0.1, 0.15) is 46.5 Å². The molecule has 2 aliphatic rings. The van der Waals surface area contributed by atoms with Gasteiger partial charge in [0.05, 0.1) is 18.3 Å². The number of nitrogens with zero attached hydrogens (tertiary/aromatic N) is 1. The van der Waals surface area contributed by atoms with Gasteiger partial charge in [0.15, 0.2) is 0 Å². The lowest BCUT2D eigenvalue weighted by Gasteiger charge is -2.42. The monoisotopic (exact) mass is 254 g/mol. The molecule has 18 heavy (non-hydrogen) atoms. The van der Waals surface area contributed by atoms with Crippen molar-refractivity contribution >= 4 is 5.91 Å². The van der Waals surface area contributed by atoms with E-state index >= 15 is 0 Å². The number of nitrogens with one attached hydrogen (secondary N) is 1. The minimum absolute atomic E-state index is 0.00291. The molecule has 2 atom stereocenters. The van der Waals surface area contributed by atoms with Crippen molar-refractivity contribution in [2.45, 2.75) is 70.8 Å². The SMILES string of the molecule is CCCC1NC(C(C)C)C(=O)N1C1CC(OC)C1. The number of methoxy groups -OCH3 is 1. The second-order valence-electron chi connectivity index (χ2n) is 5.92. The van der Waals surface area contributed by atoms with E-state index < -0.39 is 0 Å². The number of hydrogen-bond acceptors (Lipinski definition) is 3. The summed E-state index contributed by atoms with van der Waals surface area (Å²) in [6.45, 7) is 6.40. The lowest BCUT2D eigenvalue weighted by atomic mass is 9.87. The van der Waals surface area contributed by atoms with Crippen molar-refractivity contribution in [3.05, 3.63) is 0 Å². The highest BCUT2D eigenvalue weighted by atomic mass is 16.5. The Morgan fingerprint density at radius 2 is 2.11 bits per heavy atom. The van der Waals surface area contributed by atoms with Gasteiger partial charge in [-0.3, -0.25) is 10.1 Å². The number of amides is 1. The van der Waals surface area contributed by atoms with Crippen LogP contribution >= 0.6 is 0 Å². The highest BCUT2D eigenvalue weighted by Crippen LogP contribution is 2.33. The molecule has 4 heteroatoms. The summed E-state index contributed by atoms with van der Waals surface area (Å²) in [5, 5.41) is 3.51. The third-order valence-corrected chi connectivity index (χ3v) is 4.25. The molecule has 1 aliphatic carbocycles. The topological polar surface area (TPSA) is 41.6 Å². The summed E-state index contributed by atoms with van der Waals surface area (Å²) in [4.78, 5) is 14.6. The predicted octanol–water partition coefficient (Wildman–Crippen LogP) is 1.75. The van der Waals surface area contributed by atoms with Crippen LogP contribution in [0.2, 0.25) is 0 Å². The van der Waals surface area contributed by atoms with E-state index in [2.05, 4.69) is 31.0 Å². The Balaban J connectivity index is 2.03. The maximum atomic E-state index is 12.5. The Bertz CT molecular complexity index is 300. The van der Waals surface area contributed by atoms with Crippen LogP contribution in [0.5, 0.6) is 0 Å². The summed E-state index contributed by atoms with van der Waals surface area (Å²) < 4.78 is 5.32. The van der Waals surface area contributed by atoms with Crippen LogP contribution in [0.15, 0.2) is 0 Å². The Kier molecular flexibility index (Phi) is 4.28. The highest BCUT2D eigenvalue weighted by molar-refractivity contribution is 5.85. The lowest BCUT2D eigenvalue weighted by molar-refractivity contribution is -0.138. The van der Waals surface area contributed by atoms with Crippen LogP contribution < -0.4 is 5.32 Å². The normalized spacial score (nSPS) is 36.3. The van der Waals surface area contributed by atoms with E-state index in [1.165, 1.54) is 0 Å². The standard InChI is InChI=1S/C14H26N2O2/c1-5-6-12-15-13(9(2)3)14(17)16(12)10-7-11(8-10)18-4/h9-13,15H,5-8H2,1-4H3. The first kappa shape index (κ1) is 13.8. The summed E-state index contributed by atoms with van der Waals surface area (Å²) in [5.74, 6) is 0.656. The maximum Gasteiger partial charge on any atom is 0.241 e. The van der Waals surface area contributed by atoms with E-state index in [4.69, 9.17) is 4.74 Å². The number of carbonyl (C=O) groups excluding carboxylic acids is 1. The van der Waals surface area contributed by atoms with Crippen LogP contribution in [0.25, 0.3) is 0 Å². The van der Waals surface area contributed by atoms with Crippen molar-refractivity contribution < 1.29 is 9.53 Å². The van der Waals surface area contributed by atoms with E-state index in [9.17, 15) is 4.79 Å². The van der Waals surface area contributed by atoms with Gasteiger partial charge in [0.1, 0.15) is 0 Å². The van der Waals surface area contributed by atoms with Gasteiger partial charge >= 0.3 is 0 Å². The van der Waals surface area contributed by atoms with Gasteiger partial charge in [-0.05, 0) is 25.2 Å². The van der Waals surface area contributed by atoms with Gasteiger partial charge in [-0.1, -0.05) is 27.2 Å². The number of hydrogen-bond donors (Lipinski definition) is 1. The lowest BCUT2D eigenvalue weighted by Crippen LogP contribution is -2.53. The van der Waals surface area contributed by atoms with E-state index in [0.29, 0.717) is 24.0 Å². The van der Waals surface area contributed by atoms with Gasteiger partial charge in [0.2, 0.25) is 5.91 Å². The van der Waals surface area contributed by atoms with Crippen LogP contribution in [-0.4, -0.2) is 42.3 Å². The largest absolute Gasteiger partial charge is 0.381 e. The Morgan fingerprint density at radius 3 is 2.61 bits per heavy atom. The molecule has 1 saturated heterocycles. The Hall–Kier alpha value is -0.610. The summed E-state index contributed by atoms with van der Waals surface area (Å²) in [6, 6.07) is 0.387. The third-order valence-electron chi connectivity index (χ3n) is 4.25. The molecule has 2 unspecified atom stereocenters. The van der Waals surface area contributed by atoms with E-state index in [-0.39, 0.29) is 12.2 Å². The van der Waals surface area contributed by atoms with E-state index in [1.54, 1.807) is 7.11 Å². The summed E-state index contributed by atoms with van der Waals surface area (Å²) in [5.41, 5.74) is 0. The number of carbonyl (C=O) groups is 1. The molecule has 0 spiro atoms. The highest BCUT2D eigenvalue weighted by Gasteiger charge is 2.46. The first-order valence-electron chi connectivity index (χ1n) is 7.19. The van der Waals surface area contributed by atoms with Crippen molar-refractivity contribution in [3.63, 3.8) is 0 Å². The molecule has 0 aromatic heterocycles. The molecule has 4 nitrogen and oxygen atoms in total. The average molecular weight is 254 g/mol. The molecule has 1 N–H and O–H groups in total. The average Bonchev–Trinajstić information content (AvgIpc) is 2.57. The zero-order valence-electron chi connectivity index (χ0n) is 12.0. The van der Waals surface area contributed by atoms with Crippen LogP contribution in [0, 0.1) is 5.92 Å². The van der Waals surface area contributed by atoms with E-state index in [1.807, 2.05) is 0 Å². The minimum atomic E-state index is 0.00291. The second-order valence-corrected chi connectivity index (χ2v) is 5.92. The first-order chi connectivity index (χ1) is 8.58. The molecular weight excluding hydrogens is 228 g/mol. The van der Waals surface area contributed by atoms with Gasteiger partial charge < -0.3 is 9.64 Å². The van der Waals surface area contributed by atoms with Crippen molar-refractivity contribution in [2.24, 2.45) is 5.92 Å². The quantitative estimate of drug-likeness (QED) is 0.812. The number of ether oxygens (including phenoxy) is 1. The molecule has 1 saturated carbocycles. The van der Waals surface area contributed by atoms with Crippen molar-refractivity contribution in [1.82, 2.24) is 10.2 Å². The van der Waals surface area contributed by atoms with Crippen LogP contribution in [0.4, 0.5) is 0 Å². The molecule has 2 rings (SSSR count). The molecule has 0 aromatic carbocycles. The van der Waals surface area contributed by atoms with Gasteiger partial charge in [-0.25, -0.2) is 0 Å². The molecule has 2 fully saturated rings. The molecule has 1 aliphatic heterocycles. The van der Waals surface area contributed by atoms with Gasteiger partial charge in [-0.15, -0.1) is 0 Å². The maximum absolute atomic E-state index is 12.5. The van der Waals surface area contributed by atoms with Gasteiger partial charge in [0, 0.05) is 13.2 Å². The minimum Gasteiger partial charge on any atom is -0.381 e. The Morgan fingerprint density at radius 1 is 1.44 bits per heavy atom. The molecule has 0 aromatic rings. The summed E-state index contributed by atoms with van der Waals surface area (Å²) in [6.07, 6.45) is 4.72. The van der Waals surface area contributed by atoms with Crippen molar-refractivity contribution in [1.29, 1.82) is 0 Å². The first-order valence-corrected chi connectivity index (χ1v) is 7.19. The van der Waals surface area contributed by atoms with Gasteiger partial charge in [-0.2, -0.15) is 0 Å². The smallest absolute Gasteiger partial charge is 0.241 e. The molecular formula is C14H26N2O2. The molecule has 104 valence electrons.